The number of aromatic nitrogens is 3. The number of thioether (sulfide) groups is 1. The molecule has 0 spiro atoms. The molecule has 0 atom stereocenters. The second-order valence-electron chi connectivity index (χ2n) is 7.77. The topological polar surface area (TPSA) is 106 Å². The highest BCUT2D eigenvalue weighted by Gasteiger charge is 2.17. The van der Waals surface area contributed by atoms with Crippen molar-refractivity contribution in [2.45, 2.75) is 63.2 Å². The van der Waals surface area contributed by atoms with E-state index < -0.39 is 10.0 Å². The van der Waals surface area contributed by atoms with Crippen molar-refractivity contribution in [2.75, 3.05) is 12.8 Å². The van der Waals surface area contributed by atoms with Crippen molar-refractivity contribution in [1.82, 2.24) is 24.8 Å². The molecule has 1 aromatic heterocycles. The minimum absolute atomic E-state index is 0.0789. The maximum Gasteiger partial charge on any atom is 0.251 e. The monoisotopic (exact) mass is 453 g/mol. The van der Waals surface area contributed by atoms with Gasteiger partial charge in [-0.25, -0.2) is 13.1 Å². The molecule has 0 radical (unpaired) electrons. The van der Waals surface area contributed by atoms with Crippen LogP contribution in [0.4, 0.5) is 0 Å². The lowest BCUT2D eigenvalue weighted by molar-refractivity contribution is 0.0953. The molecule has 1 amide bonds. The Balaban J connectivity index is 1.95. The number of carbonyl (C=O) groups excluding carboxylic acids is 1. The molecule has 0 fully saturated rings. The Morgan fingerprint density at radius 1 is 1.20 bits per heavy atom. The summed E-state index contributed by atoms with van der Waals surface area (Å²) in [5.74, 6) is 1.10. The summed E-state index contributed by atoms with van der Waals surface area (Å²) >= 11 is 1.57. The number of nitrogens with one attached hydrogen (secondary N) is 2. The summed E-state index contributed by atoms with van der Waals surface area (Å²) in [5, 5.41) is 12.3. The summed E-state index contributed by atoms with van der Waals surface area (Å²) in [6.45, 7) is 9.12. The second-order valence-corrected chi connectivity index (χ2v) is 10.3. The molecule has 0 bridgehead atoms. The fraction of sp³-hybridized carbons (Fsp3) is 0.550. The molecule has 0 aliphatic rings. The van der Waals surface area contributed by atoms with Crippen LogP contribution in [0, 0.1) is 5.92 Å². The van der Waals surface area contributed by atoms with Crippen molar-refractivity contribution in [3.05, 3.63) is 35.7 Å². The van der Waals surface area contributed by atoms with Gasteiger partial charge in [0.15, 0.2) is 5.16 Å². The van der Waals surface area contributed by atoms with E-state index >= 15 is 0 Å². The molecule has 1 heterocycles. The first kappa shape index (κ1) is 24.4. The number of sulfonamides is 1. The number of hydrogen-bond donors (Lipinski definition) is 2. The van der Waals surface area contributed by atoms with Gasteiger partial charge in [0.2, 0.25) is 10.0 Å². The van der Waals surface area contributed by atoms with Crippen molar-refractivity contribution in [3.63, 3.8) is 0 Å². The van der Waals surface area contributed by atoms with Crippen LogP contribution in [0.2, 0.25) is 0 Å². The Morgan fingerprint density at radius 2 is 1.93 bits per heavy atom. The Morgan fingerprint density at radius 3 is 2.57 bits per heavy atom. The average molecular weight is 454 g/mol. The van der Waals surface area contributed by atoms with Gasteiger partial charge in [-0.2, -0.15) is 0 Å². The van der Waals surface area contributed by atoms with Crippen LogP contribution in [0.3, 0.4) is 0 Å². The number of amides is 1. The molecule has 1 aromatic carbocycles. The zero-order valence-corrected chi connectivity index (χ0v) is 19.8. The summed E-state index contributed by atoms with van der Waals surface area (Å²) in [7, 11) is -3.64. The summed E-state index contributed by atoms with van der Waals surface area (Å²) in [6, 6.07) is 5.82. The normalized spacial score (nSPS) is 12.0. The quantitative estimate of drug-likeness (QED) is 0.400. The predicted octanol–water partition coefficient (Wildman–Crippen LogP) is 2.71. The van der Waals surface area contributed by atoms with E-state index in [4.69, 9.17) is 0 Å². The second kappa shape index (κ2) is 10.9. The van der Waals surface area contributed by atoms with Crippen molar-refractivity contribution in [2.24, 2.45) is 5.92 Å². The van der Waals surface area contributed by atoms with E-state index in [1.165, 1.54) is 12.1 Å². The minimum atomic E-state index is -3.64. The molecule has 0 saturated carbocycles. The smallest absolute Gasteiger partial charge is 0.251 e. The molecule has 166 valence electrons. The first-order chi connectivity index (χ1) is 14.1. The Labute approximate surface area is 183 Å². The number of hydrogen-bond acceptors (Lipinski definition) is 6. The SMILES string of the molecule is CSc1nnc(CCCNC(=O)c2cccc(S(=O)(=O)NC(C)C)c2)n1CC(C)C. The fourth-order valence-electron chi connectivity index (χ4n) is 2.94. The molecule has 8 nitrogen and oxygen atoms in total. The lowest BCUT2D eigenvalue weighted by Gasteiger charge is -2.12. The number of benzene rings is 1. The summed E-state index contributed by atoms with van der Waals surface area (Å²) in [5.41, 5.74) is 0.314. The fourth-order valence-corrected chi connectivity index (χ4v) is 4.76. The Bertz CT molecular complexity index is 955. The molecule has 2 aromatic rings. The van der Waals surface area contributed by atoms with Crippen LogP contribution in [0.1, 0.15) is 50.3 Å². The number of rotatable bonds is 11. The molecule has 0 saturated heterocycles. The standard InChI is InChI=1S/C20H31N5O3S2/c1-14(2)13-25-18(22-23-20(25)29-5)10-7-11-21-19(26)16-8-6-9-17(12-16)30(27,28)24-15(3)4/h6,8-9,12,14-15,24H,7,10-11,13H2,1-5H3,(H,21,26). The lowest BCUT2D eigenvalue weighted by atomic mass is 10.2. The summed E-state index contributed by atoms with van der Waals surface area (Å²) in [4.78, 5) is 12.5. The van der Waals surface area contributed by atoms with Crippen LogP contribution in [0.15, 0.2) is 34.3 Å². The molecule has 0 aliphatic carbocycles. The third-order valence-electron chi connectivity index (χ3n) is 4.18. The third-order valence-corrected chi connectivity index (χ3v) is 6.51. The van der Waals surface area contributed by atoms with Gasteiger partial charge >= 0.3 is 0 Å². The number of carbonyl (C=O) groups is 1. The highest BCUT2D eigenvalue weighted by Crippen LogP contribution is 2.17. The third kappa shape index (κ3) is 6.82. The van der Waals surface area contributed by atoms with Gasteiger partial charge in [-0.05, 0) is 50.6 Å². The van der Waals surface area contributed by atoms with E-state index in [2.05, 4.69) is 38.7 Å². The van der Waals surface area contributed by atoms with E-state index in [1.54, 1.807) is 37.7 Å². The van der Waals surface area contributed by atoms with Crippen molar-refractivity contribution < 1.29 is 13.2 Å². The van der Waals surface area contributed by atoms with Crippen LogP contribution < -0.4 is 10.0 Å². The van der Waals surface area contributed by atoms with Gasteiger partial charge < -0.3 is 9.88 Å². The van der Waals surface area contributed by atoms with Crippen LogP contribution >= 0.6 is 11.8 Å². The van der Waals surface area contributed by atoms with Gasteiger partial charge in [0, 0.05) is 31.1 Å². The zero-order valence-electron chi connectivity index (χ0n) is 18.2. The van der Waals surface area contributed by atoms with E-state index in [1.807, 2.05) is 6.26 Å². The maximum atomic E-state index is 12.5. The minimum Gasteiger partial charge on any atom is -0.352 e. The average Bonchev–Trinajstić information content (AvgIpc) is 3.05. The van der Waals surface area contributed by atoms with Crippen LogP contribution in [-0.4, -0.2) is 47.9 Å². The van der Waals surface area contributed by atoms with Crippen molar-refractivity contribution in [1.29, 1.82) is 0 Å². The molecule has 0 aliphatic heterocycles. The number of nitrogens with zero attached hydrogens (tertiary/aromatic N) is 3. The van der Waals surface area contributed by atoms with Crippen LogP contribution in [0.25, 0.3) is 0 Å². The molecule has 2 rings (SSSR count). The Hall–Kier alpha value is -1.91. The zero-order chi connectivity index (χ0) is 22.3. The molecule has 10 heteroatoms. The van der Waals surface area contributed by atoms with Gasteiger partial charge in [-0.15, -0.1) is 10.2 Å². The predicted molar refractivity (Wildman–Crippen MR) is 119 cm³/mol. The largest absolute Gasteiger partial charge is 0.352 e. The van der Waals surface area contributed by atoms with E-state index in [0.29, 0.717) is 30.9 Å². The summed E-state index contributed by atoms with van der Waals surface area (Å²) < 4.78 is 29.3. The van der Waals surface area contributed by atoms with Gasteiger partial charge in [0.1, 0.15) is 5.82 Å². The Kier molecular flexibility index (Phi) is 8.87. The maximum absolute atomic E-state index is 12.5. The van der Waals surface area contributed by atoms with Crippen molar-refractivity contribution >= 4 is 27.7 Å². The molecule has 2 N–H and O–H groups in total. The molecule has 0 unspecified atom stereocenters. The lowest BCUT2D eigenvalue weighted by Crippen LogP contribution is -2.30. The summed E-state index contributed by atoms with van der Waals surface area (Å²) in [6.07, 6.45) is 3.40. The van der Waals surface area contributed by atoms with Crippen LogP contribution in [-0.2, 0) is 23.0 Å². The molecule has 30 heavy (non-hydrogen) atoms. The first-order valence-corrected chi connectivity index (χ1v) is 12.7. The van der Waals surface area contributed by atoms with E-state index in [9.17, 15) is 13.2 Å². The highest BCUT2D eigenvalue weighted by molar-refractivity contribution is 7.98. The molecular weight excluding hydrogens is 422 g/mol. The van der Waals surface area contributed by atoms with Gasteiger partial charge in [0.05, 0.1) is 4.90 Å². The number of aryl methyl sites for hydroxylation is 1. The van der Waals surface area contributed by atoms with E-state index in [-0.39, 0.29) is 16.8 Å². The van der Waals surface area contributed by atoms with Crippen LogP contribution in [0.5, 0.6) is 0 Å². The van der Waals surface area contributed by atoms with Gasteiger partial charge in [-0.3, -0.25) is 4.79 Å². The first-order valence-electron chi connectivity index (χ1n) is 10.0. The highest BCUT2D eigenvalue weighted by atomic mass is 32.2. The van der Waals surface area contributed by atoms with E-state index in [0.717, 1.165) is 17.5 Å². The van der Waals surface area contributed by atoms with Crippen molar-refractivity contribution in [3.8, 4) is 0 Å². The van der Waals surface area contributed by atoms with Gasteiger partial charge in [0.25, 0.3) is 5.91 Å². The van der Waals surface area contributed by atoms with Gasteiger partial charge in [-0.1, -0.05) is 31.7 Å². The molecular formula is C20H31N5O3S2.